The van der Waals surface area contributed by atoms with E-state index in [1.54, 1.807) is 0 Å². The first kappa shape index (κ1) is 9.20. The number of rotatable bonds is 2. The molecule has 0 bridgehead atoms. The Bertz CT molecular complexity index is 338. The molecule has 72 valence electrons. The Hall–Kier alpha value is -1.37. The largest absolute Gasteiger partial charge is 0.390 e. The lowest BCUT2D eigenvalue weighted by Gasteiger charge is -2.38. The van der Waals surface area contributed by atoms with Crippen LogP contribution in [0.1, 0.15) is 11.6 Å². The highest BCUT2D eigenvalue weighted by molar-refractivity contribution is 5.24. The summed E-state index contributed by atoms with van der Waals surface area (Å²) in [5.41, 5.74) is 1.00. The van der Waals surface area contributed by atoms with E-state index >= 15 is 0 Å². The molecule has 0 saturated carbocycles. The standard InChI is InChI=1S/C11H12N2O/c12-6-11(13-7-10(14)8-13)9-4-2-1-3-5-9/h1-5,10-11,14H,7-8H2/t11-/m0/s1. The van der Waals surface area contributed by atoms with Crippen LogP contribution < -0.4 is 0 Å². The van der Waals surface area contributed by atoms with Crippen LogP contribution >= 0.6 is 0 Å². The van der Waals surface area contributed by atoms with Crippen LogP contribution in [0.4, 0.5) is 0 Å². The number of hydrogen-bond donors (Lipinski definition) is 1. The number of β-amino-alcohol motifs (C(OH)–C–C–N with tert-alkyl or cyclic N) is 1. The molecule has 1 heterocycles. The molecule has 0 radical (unpaired) electrons. The zero-order valence-electron chi connectivity index (χ0n) is 7.80. The molecule has 1 N–H and O–H groups in total. The molecule has 1 atom stereocenters. The van der Waals surface area contributed by atoms with E-state index < -0.39 is 0 Å². The van der Waals surface area contributed by atoms with Crippen LogP contribution in [-0.2, 0) is 0 Å². The molecule has 0 aromatic heterocycles. The first-order chi connectivity index (χ1) is 6.81. The van der Waals surface area contributed by atoms with E-state index in [2.05, 4.69) is 6.07 Å². The van der Waals surface area contributed by atoms with Gasteiger partial charge < -0.3 is 5.11 Å². The fourth-order valence-electron chi connectivity index (χ4n) is 1.70. The maximum Gasteiger partial charge on any atom is 0.124 e. The van der Waals surface area contributed by atoms with Gasteiger partial charge >= 0.3 is 0 Å². The minimum atomic E-state index is -0.255. The summed E-state index contributed by atoms with van der Waals surface area (Å²) in [6, 6.07) is 11.7. The highest BCUT2D eigenvalue weighted by atomic mass is 16.3. The first-order valence-electron chi connectivity index (χ1n) is 4.68. The summed E-state index contributed by atoms with van der Waals surface area (Å²) in [5.74, 6) is 0. The summed E-state index contributed by atoms with van der Waals surface area (Å²) < 4.78 is 0. The Labute approximate surface area is 83.2 Å². The zero-order valence-corrected chi connectivity index (χ0v) is 7.80. The molecule has 3 nitrogen and oxygen atoms in total. The van der Waals surface area contributed by atoms with Crippen molar-refractivity contribution in [3.63, 3.8) is 0 Å². The van der Waals surface area contributed by atoms with Gasteiger partial charge in [0.05, 0.1) is 12.2 Å². The Morgan fingerprint density at radius 3 is 2.50 bits per heavy atom. The average molecular weight is 188 g/mol. The van der Waals surface area contributed by atoms with Crippen LogP contribution in [-0.4, -0.2) is 29.2 Å². The van der Waals surface area contributed by atoms with Gasteiger partial charge in [0.15, 0.2) is 0 Å². The number of aliphatic hydroxyl groups excluding tert-OH is 1. The second-order valence-corrected chi connectivity index (χ2v) is 3.55. The van der Waals surface area contributed by atoms with Gasteiger partial charge in [-0.3, -0.25) is 4.90 Å². The van der Waals surface area contributed by atoms with E-state index in [0.717, 1.165) is 5.56 Å². The molecule has 2 rings (SSSR count). The SMILES string of the molecule is N#C[C@@H](c1ccccc1)N1CC(O)C1. The topological polar surface area (TPSA) is 47.3 Å². The van der Waals surface area contributed by atoms with Gasteiger partial charge in [-0.05, 0) is 5.56 Å². The lowest BCUT2D eigenvalue weighted by atomic mass is 10.0. The normalized spacial score (nSPS) is 19.7. The Morgan fingerprint density at radius 1 is 1.36 bits per heavy atom. The molecular formula is C11H12N2O. The van der Waals surface area contributed by atoms with Crippen molar-refractivity contribution in [3.8, 4) is 6.07 Å². The van der Waals surface area contributed by atoms with E-state index in [-0.39, 0.29) is 12.1 Å². The van der Waals surface area contributed by atoms with E-state index in [1.165, 1.54) is 0 Å². The third kappa shape index (κ3) is 1.63. The second-order valence-electron chi connectivity index (χ2n) is 3.55. The number of hydrogen-bond acceptors (Lipinski definition) is 3. The van der Waals surface area contributed by atoms with E-state index in [0.29, 0.717) is 13.1 Å². The van der Waals surface area contributed by atoms with Crippen LogP contribution in [0.2, 0.25) is 0 Å². The highest BCUT2D eigenvalue weighted by Crippen LogP contribution is 2.24. The molecular weight excluding hydrogens is 176 g/mol. The van der Waals surface area contributed by atoms with Crippen molar-refractivity contribution in [1.82, 2.24) is 4.90 Å². The molecule has 1 saturated heterocycles. The molecule has 1 aliphatic rings. The lowest BCUT2D eigenvalue weighted by molar-refractivity contribution is -0.0127. The second kappa shape index (κ2) is 3.79. The van der Waals surface area contributed by atoms with Crippen molar-refractivity contribution in [1.29, 1.82) is 5.26 Å². The summed E-state index contributed by atoms with van der Waals surface area (Å²) in [7, 11) is 0. The molecule has 0 amide bonds. The Kier molecular flexibility index (Phi) is 2.49. The summed E-state index contributed by atoms with van der Waals surface area (Å²) >= 11 is 0. The zero-order chi connectivity index (χ0) is 9.97. The number of nitrogens with zero attached hydrogens (tertiary/aromatic N) is 2. The molecule has 1 aromatic rings. The van der Waals surface area contributed by atoms with Crippen molar-refractivity contribution in [2.75, 3.05) is 13.1 Å². The predicted octanol–water partition coefficient (Wildman–Crippen LogP) is 0.928. The number of aliphatic hydroxyl groups is 1. The van der Waals surface area contributed by atoms with Gasteiger partial charge in [0.25, 0.3) is 0 Å². The molecule has 14 heavy (non-hydrogen) atoms. The number of nitriles is 1. The van der Waals surface area contributed by atoms with Crippen molar-refractivity contribution < 1.29 is 5.11 Å². The van der Waals surface area contributed by atoms with Crippen molar-refractivity contribution >= 4 is 0 Å². The molecule has 1 aromatic carbocycles. The van der Waals surface area contributed by atoms with Gasteiger partial charge in [-0.25, -0.2) is 0 Å². The van der Waals surface area contributed by atoms with Gasteiger partial charge in [-0.1, -0.05) is 30.3 Å². The molecule has 0 aliphatic carbocycles. The minimum absolute atomic E-state index is 0.209. The van der Waals surface area contributed by atoms with Gasteiger partial charge in [0.2, 0.25) is 0 Å². The van der Waals surface area contributed by atoms with E-state index in [1.807, 2.05) is 35.2 Å². The van der Waals surface area contributed by atoms with E-state index in [4.69, 9.17) is 10.4 Å². The third-order valence-corrected chi connectivity index (χ3v) is 2.49. The van der Waals surface area contributed by atoms with Crippen molar-refractivity contribution in [2.45, 2.75) is 12.1 Å². The van der Waals surface area contributed by atoms with Crippen LogP contribution in [0.15, 0.2) is 30.3 Å². The molecule has 3 heteroatoms. The summed E-state index contributed by atoms with van der Waals surface area (Å²) in [4.78, 5) is 1.97. The van der Waals surface area contributed by atoms with Crippen LogP contribution in [0.3, 0.4) is 0 Å². The molecule has 1 aliphatic heterocycles. The summed E-state index contributed by atoms with van der Waals surface area (Å²) in [6.07, 6.45) is -0.255. The monoisotopic (exact) mass is 188 g/mol. The maximum atomic E-state index is 9.16. The first-order valence-corrected chi connectivity index (χ1v) is 4.68. The average Bonchev–Trinajstić information content (AvgIpc) is 2.18. The molecule has 0 spiro atoms. The van der Waals surface area contributed by atoms with Crippen LogP contribution in [0.25, 0.3) is 0 Å². The lowest BCUT2D eigenvalue weighted by Crippen LogP contribution is -2.51. The van der Waals surface area contributed by atoms with Gasteiger partial charge in [-0.15, -0.1) is 0 Å². The van der Waals surface area contributed by atoms with Gasteiger partial charge in [0, 0.05) is 13.1 Å². The third-order valence-electron chi connectivity index (χ3n) is 2.49. The minimum Gasteiger partial charge on any atom is -0.390 e. The predicted molar refractivity (Wildman–Crippen MR) is 52.4 cm³/mol. The van der Waals surface area contributed by atoms with Gasteiger partial charge in [-0.2, -0.15) is 5.26 Å². The fourth-order valence-corrected chi connectivity index (χ4v) is 1.70. The van der Waals surface area contributed by atoms with Crippen molar-refractivity contribution in [2.24, 2.45) is 0 Å². The number of benzene rings is 1. The maximum absolute atomic E-state index is 9.16. The number of likely N-dealkylation sites (tertiary alicyclic amines) is 1. The van der Waals surface area contributed by atoms with Crippen molar-refractivity contribution in [3.05, 3.63) is 35.9 Å². The summed E-state index contributed by atoms with van der Waals surface area (Å²) in [6.45, 7) is 1.21. The summed E-state index contributed by atoms with van der Waals surface area (Å²) in [5, 5.41) is 18.2. The van der Waals surface area contributed by atoms with Crippen LogP contribution in [0.5, 0.6) is 0 Å². The quantitative estimate of drug-likeness (QED) is 0.751. The fraction of sp³-hybridized carbons (Fsp3) is 0.364. The Balaban J connectivity index is 2.12. The smallest absolute Gasteiger partial charge is 0.124 e. The highest BCUT2D eigenvalue weighted by Gasteiger charge is 2.31. The van der Waals surface area contributed by atoms with Gasteiger partial charge in [0.1, 0.15) is 6.04 Å². The van der Waals surface area contributed by atoms with Crippen LogP contribution in [0, 0.1) is 11.3 Å². The molecule has 1 fully saturated rings. The van der Waals surface area contributed by atoms with E-state index in [9.17, 15) is 0 Å². The molecule has 0 unspecified atom stereocenters. The Morgan fingerprint density at radius 2 is 2.00 bits per heavy atom.